The van der Waals surface area contributed by atoms with E-state index in [1.54, 1.807) is 0 Å². The van der Waals surface area contributed by atoms with Gasteiger partial charge in [-0.25, -0.2) is 0 Å². The summed E-state index contributed by atoms with van der Waals surface area (Å²) < 4.78 is 0. The quantitative estimate of drug-likeness (QED) is 0.456. The summed E-state index contributed by atoms with van der Waals surface area (Å²) in [6.07, 6.45) is 12.7. The monoisotopic (exact) mass is 227 g/mol. The second-order valence-corrected chi connectivity index (χ2v) is 5.21. The van der Waals surface area contributed by atoms with Gasteiger partial charge in [-0.15, -0.1) is 0 Å². The van der Waals surface area contributed by atoms with Crippen LogP contribution < -0.4 is 0 Å². The molecule has 0 aromatic carbocycles. The molecule has 98 valence electrons. The number of nitrogens with zero attached hydrogens (tertiary/aromatic N) is 1. The fourth-order valence-corrected chi connectivity index (χ4v) is 2.03. The van der Waals surface area contributed by atoms with Gasteiger partial charge in [-0.2, -0.15) is 0 Å². The molecule has 0 fully saturated rings. The van der Waals surface area contributed by atoms with Crippen LogP contribution in [0.2, 0.25) is 0 Å². The Hall–Kier alpha value is -0.0400. The minimum atomic E-state index is 0.754. The maximum absolute atomic E-state index is 2.50. The number of hydrogen-bond donors (Lipinski definition) is 0. The predicted molar refractivity (Wildman–Crippen MR) is 75.0 cm³/mol. The van der Waals surface area contributed by atoms with E-state index in [0.717, 1.165) is 6.04 Å². The van der Waals surface area contributed by atoms with Crippen LogP contribution in [-0.4, -0.2) is 24.5 Å². The molecule has 0 aromatic rings. The van der Waals surface area contributed by atoms with Crippen LogP contribution in [0.5, 0.6) is 0 Å². The highest BCUT2D eigenvalue weighted by Gasteiger charge is 2.04. The van der Waals surface area contributed by atoms with E-state index >= 15 is 0 Å². The highest BCUT2D eigenvalue weighted by atomic mass is 15.1. The molecule has 0 bridgehead atoms. The summed E-state index contributed by atoms with van der Waals surface area (Å²) in [5.41, 5.74) is 0. The Morgan fingerprint density at radius 2 is 1.31 bits per heavy atom. The molecule has 1 unspecified atom stereocenters. The smallest absolute Gasteiger partial charge is 0.00612 e. The summed E-state index contributed by atoms with van der Waals surface area (Å²) in [5.74, 6) is 0. The largest absolute Gasteiger partial charge is 0.304 e. The minimum Gasteiger partial charge on any atom is -0.304 e. The minimum absolute atomic E-state index is 0.754. The summed E-state index contributed by atoms with van der Waals surface area (Å²) in [4.78, 5) is 2.50. The third-order valence-corrected chi connectivity index (χ3v) is 3.71. The van der Waals surface area contributed by atoms with Gasteiger partial charge in [0.1, 0.15) is 0 Å². The van der Waals surface area contributed by atoms with Gasteiger partial charge < -0.3 is 4.90 Å². The molecule has 1 heteroatoms. The molecule has 0 radical (unpaired) electrons. The van der Waals surface area contributed by atoms with Crippen molar-refractivity contribution in [1.82, 2.24) is 4.90 Å². The summed E-state index contributed by atoms with van der Waals surface area (Å²) in [5, 5.41) is 0. The maximum Gasteiger partial charge on any atom is 0.00612 e. The molecule has 0 N–H and O–H groups in total. The van der Waals surface area contributed by atoms with Gasteiger partial charge >= 0.3 is 0 Å². The lowest BCUT2D eigenvalue weighted by Gasteiger charge is -2.23. The molecular weight excluding hydrogens is 194 g/mol. The molecule has 0 amide bonds. The topological polar surface area (TPSA) is 3.24 Å². The normalized spacial score (nSPS) is 13.3. The van der Waals surface area contributed by atoms with Crippen molar-refractivity contribution in [3.8, 4) is 0 Å². The van der Waals surface area contributed by atoms with Gasteiger partial charge in [0.05, 0.1) is 0 Å². The molecular formula is C15H33N. The lowest BCUT2D eigenvalue weighted by atomic mass is 10.1. The van der Waals surface area contributed by atoms with Crippen LogP contribution >= 0.6 is 0 Å². The first kappa shape index (κ1) is 16.0. The SMILES string of the molecule is CCCCCCCCCCN(C)C(C)CC. The molecule has 0 rings (SSSR count). The predicted octanol–water partition coefficient (Wildman–Crippen LogP) is 4.86. The Morgan fingerprint density at radius 1 is 0.812 bits per heavy atom. The van der Waals surface area contributed by atoms with Crippen molar-refractivity contribution in [2.45, 2.75) is 84.6 Å². The van der Waals surface area contributed by atoms with Crippen molar-refractivity contribution in [3.05, 3.63) is 0 Å². The molecule has 1 nitrogen and oxygen atoms in total. The van der Waals surface area contributed by atoms with E-state index in [0.29, 0.717) is 0 Å². The molecule has 16 heavy (non-hydrogen) atoms. The zero-order valence-electron chi connectivity index (χ0n) is 12.1. The van der Waals surface area contributed by atoms with Crippen LogP contribution in [0.25, 0.3) is 0 Å². The number of rotatable bonds is 11. The van der Waals surface area contributed by atoms with Crippen LogP contribution in [0.15, 0.2) is 0 Å². The van der Waals surface area contributed by atoms with E-state index in [1.165, 1.54) is 64.3 Å². The summed E-state index contributed by atoms with van der Waals surface area (Å²) in [6.45, 7) is 8.16. The van der Waals surface area contributed by atoms with Crippen molar-refractivity contribution in [3.63, 3.8) is 0 Å². The lowest BCUT2D eigenvalue weighted by molar-refractivity contribution is 0.246. The van der Waals surface area contributed by atoms with E-state index in [-0.39, 0.29) is 0 Å². The molecule has 0 saturated heterocycles. The Kier molecular flexibility index (Phi) is 11.4. The van der Waals surface area contributed by atoms with Crippen LogP contribution in [0, 0.1) is 0 Å². The molecule has 0 aliphatic heterocycles. The first-order chi connectivity index (χ1) is 7.72. The second-order valence-electron chi connectivity index (χ2n) is 5.21. The van der Waals surface area contributed by atoms with Crippen LogP contribution in [-0.2, 0) is 0 Å². The molecule has 1 atom stereocenters. The van der Waals surface area contributed by atoms with Gasteiger partial charge in [0.2, 0.25) is 0 Å². The van der Waals surface area contributed by atoms with E-state index in [1.807, 2.05) is 0 Å². The van der Waals surface area contributed by atoms with Gasteiger partial charge in [-0.3, -0.25) is 0 Å². The highest BCUT2D eigenvalue weighted by molar-refractivity contribution is 4.60. The van der Waals surface area contributed by atoms with Crippen LogP contribution in [0.1, 0.15) is 78.6 Å². The van der Waals surface area contributed by atoms with Crippen molar-refractivity contribution >= 4 is 0 Å². The fourth-order valence-electron chi connectivity index (χ4n) is 2.03. The third-order valence-electron chi connectivity index (χ3n) is 3.71. The van der Waals surface area contributed by atoms with Gasteiger partial charge in [-0.1, -0.05) is 58.8 Å². The Labute approximate surface area is 104 Å². The van der Waals surface area contributed by atoms with Crippen LogP contribution in [0.3, 0.4) is 0 Å². The number of unbranched alkanes of at least 4 members (excludes halogenated alkanes) is 7. The van der Waals surface area contributed by atoms with Crippen molar-refractivity contribution < 1.29 is 0 Å². The summed E-state index contributed by atoms with van der Waals surface area (Å²) >= 11 is 0. The second kappa shape index (κ2) is 11.4. The van der Waals surface area contributed by atoms with Crippen molar-refractivity contribution in [1.29, 1.82) is 0 Å². The summed E-state index contributed by atoms with van der Waals surface area (Å²) in [6, 6.07) is 0.754. The van der Waals surface area contributed by atoms with Crippen molar-refractivity contribution in [2.75, 3.05) is 13.6 Å². The first-order valence-corrected chi connectivity index (χ1v) is 7.42. The zero-order chi connectivity index (χ0) is 12.2. The average Bonchev–Trinajstić information content (AvgIpc) is 2.31. The average molecular weight is 227 g/mol. The molecule has 0 saturated carbocycles. The van der Waals surface area contributed by atoms with E-state index in [9.17, 15) is 0 Å². The van der Waals surface area contributed by atoms with Crippen molar-refractivity contribution in [2.24, 2.45) is 0 Å². The number of hydrogen-bond acceptors (Lipinski definition) is 1. The maximum atomic E-state index is 2.50. The van der Waals surface area contributed by atoms with Gasteiger partial charge in [-0.05, 0) is 33.4 Å². The van der Waals surface area contributed by atoms with E-state index < -0.39 is 0 Å². The summed E-state index contributed by atoms with van der Waals surface area (Å²) in [7, 11) is 2.26. The Balaban J connectivity index is 3.14. The van der Waals surface area contributed by atoms with E-state index in [4.69, 9.17) is 0 Å². The van der Waals surface area contributed by atoms with Gasteiger partial charge in [0, 0.05) is 6.04 Å². The Morgan fingerprint density at radius 3 is 1.81 bits per heavy atom. The van der Waals surface area contributed by atoms with Gasteiger partial charge in [0.25, 0.3) is 0 Å². The molecule has 0 spiro atoms. The van der Waals surface area contributed by atoms with Crippen LogP contribution in [0.4, 0.5) is 0 Å². The third kappa shape index (κ3) is 9.21. The first-order valence-electron chi connectivity index (χ1n) is 7.42. The Bertz CT molecular complexity index is 133. The molecule has 0 aromatic heterocycles. The zero-order valence-corrected chi connectivity index (χ0v) is 12.1. The van der Waals surface area contributed by atoms with E-state index in [2.05, 4.69) is 32.7 Å². The van der Waals surface area contributed by atoms with Gasteiger partial charge in [0.15, 0.2) is 0 Å². The highest BCUT2D eigenvalue weighted by Crippen LogP contribution is 2.09. The molecule has 0 aliphatic rings. The molecule has 0 aliphatic carbocycles. The lowest BCUT2D eigenvalue weighted by Crippen LogP contribution is -2.29. The molecule has 0 heterocycles. The fraction of sp³-hybridized carbons (Fsp3) is 1.00. The standard InChI is InChI=1S/C15H33N/c1-5-7-8-9-10-11-12-13-14-16(4)15(3)6-2/h15H,5-14H2,1-4H3.